The monoisotopic (exact) mass is 261 g/mol. The third-order valence-electron chi connectivity index (χ3n) is 2.91. The van der Waals surface area contributed by atoms with E-state index in [0.717, 1.165) is 18.4 Å². The molecule has 0 fully saturated rings. The van der Waals surface area contributed by atoms with Crippen molar-refractivity contribution in [3.8, 4) is 0 Å². The number of carbonyl (C=O) groups is 1. The number of hydrogen-bond acceptors (Lipinski definition) is 2. The summed E-state index contributed by atoms with van der Waals surface area (Å²) in [4.78, 5) is 11.5. The Bertz CT molecular complexity index is 407. The number of unbranched alkanes of at least 4 members (excludes halogenated alkanes) is 1. The van der Waals surface area contributed by atoms with Crippen LogP contribution in [0.5, 0.6) is 0 Å². The zero-order valence-electron chi connectivity index (χ0n) is 11.7. The highest BCUT2D eigenvalue weighted by molar-refractivity contribution is 5.91. The van der Waals surface area contributed by atoms with E-state index in [2.05, 4.69) is 31.3 Å². The molecule has 0 spiro atoms. The zero-order chi connectivity index (χ0) is 14.1. The molecule has 0 aliphatic rings. The van der Waals surface area contributed by atoms with Crippen LogP contribution in [0.1, 0.15) is 43.7 Å². The number of aliphatic hydroxyl groups excluding tert-OH is 1. The predicted molar refractivity (Wildman–Crippen MR) is 78.9 cm³/mol. The Morgan fingerprint density at radius 3 is 2.53 bits per heavy atom. The molecule has 2 N–H and O–H groups in total. The highest BCUT2D eigenvalue weighted by atomic mass is 16.2. The van der Waals surface area contributed by atoms with Crippen LogP contribution in [0.25, 0.3) is 6.08 Å². The fourth-order valence-corrected chi connectivity index (χ4v) is 1.67. The maximum atomic E-state index is 11.5. The first-order valence-electron chi connectivity index (χ1n) is 6.80. The molecule has 0 bridgehead atoms. The number of carbonyl (C=O) groups excluding carboxylic acids is 1. The second kappa shape index (κ2) is 8.48. The second-order valence-electron chi connectivity index (χ2n) is 4.88. The van der Waals surface area contributed by atoms with Gasteiger partial charge in [0.25, 0.3) is 0 Å². The summed E-state index contributed by atoms with van der Waals surface area (Å²) >= 11 is 0. The summed E-state index contributed by atoms with van der Waals surface area (Å²) in [6.07, 6.45) is 4.88. The molecular weight excluding hydrogens is 238 g/mol. The van der Waals surface area contributed by atoms with E-state index < -0.39 is 0 Å². The Balaban J connectivity index is 2.40. The topological polar surface area (TPSA) is 49.3 Å². The van der Waals surface area contributed by atoms with Gasteiger partial charge in [-0.15, -0.1) is 0 Å². The lowest BCUT2D eigenvalue weighted by atomic mass is 10.0. The molecule has 0 aromatic heterocycles. The van der Waals surface area contributed by atoms with Crippen molar-refractivity contribution < 1.29 is 9.90 Å². The smallest absolute Gasteiger partial charge is 0.243 e. The highest BCUT2D eigenvalue weighted by Crippen LogP contribution is 2.15. The van der Waals surface area contributed by atoms with Gasteiger partial charge in [-0.25, -0.2) is 0 Å². The van der Waals surface area contributed by atoms with E-state index in [1.165, 1.54) is 5.56 Å². The molecule has 3 heteroatoms. The van der Waals surface area contributed by atoms with Gasteiger partial charge in [-0.2, -0.15) is 0 Å². The maximum Gasteiger partial charge on any atom is 0.243 e. The molecule has 0 heterocycles. The minimum atomic E-state index is -0.0918. The number of nitrogens with one attached hydrogen (secondary N) is 1. The summed E-state index contributed by atoms with van der Waals surface area (Å²) in [7, 11) is 0. The molecule has 1 aromatic carbocycles. The second-order valence-corrected chi connectivity index (χ2v) is 4.88. The van der Waals surface area contributed by atoms with Gasteiger partial charge >= 0.3 is 0 Å². The van der Waals surface area contributed by atoms with Crippen molar-refractivity contribution in [1.82, 2.24) is 5.32 Å². The first-order chi connectivity index (χ1) is 9.13. The van der Waals surface area contributed by atoms with Gasteiger partial charge in [0, 0.05) is 19.2 Å². The summed E-state index contributed by atoms with van der Waals surface area (Å²) in [6.45, 7) is 5.10. The molecule has 1 rings (SSSR count). The fourth-order valence-electron chi connectivity index (χ4n) is 1.67. The zero-order valence-corrected chi connectivity index (χ0v) is 11.7. The third-order valence-corrected chi connectivity index (χ3v) is 2.91. The Kier molecular flexibility index (Phi) is 6.90. The van der Waals surface area contributed by atoms with Crippen LogP contribution in [-0.2, 0) is 4.79 Å². The van der Waals surface area contributed by atoms with Crippen LogP contribution < -0.4 is 5.32 Å². The SMILES string of the molecule is CC(C)c1ccc(/C=C/C(=O)NCCCCO)cc1. The van der Waals surface area contributed by atoms with E-state index in [9.17, 15) is 4.79 Å². The summed E-state index contributed by atoms with van der Waals surface area (Å²) in [6, 6.07) is 8.21. The normalized spacial score (nSPS) is 11.2. The molecule has 1 amide bonds. The molecule has 1 aromatic rings. The molecule has 0 radical (unpaired) electrons. The molecule has 104 valence electrons. The van der Waals surface area contributed by atoms with Crippen molar-refractivity contribution in [2.75, 3.05) is 13.2 Å². The molecule has 3 nitrogen and oxygen atoms in total. The van der Waals surface area contributed by atoms with Crippen LogP contribution in [0.2, 0.25) is 0 Å². The van der Waals surface area contributed by atoms with Crippen molar-refractivity contribution in [3.05, 3.63) is 41.5 Å². The Morgan fingerprint density at radius 1 is 1.26 bits per heavy atom. The van der Waals surface area contributed by atoms with Crippen molar-refractivity contribution in [1.29, 1.82) is 0 Å². The van der Waals surface area contributed by atoms with E-state index >= 15 is 0 Å². The first kappa shape index (κ1) is 15.4. The fraction of sp³-hybridized carbons (Fsp3) is 0.438. The van der Waals surface area contributed by atoms with E-state index in [4.69, 9.17) is 5.11 Å². The van der Waals surface area contributed by atoms with Gasteiger partial charge < -0.3 is 10.4 Å². The molecule has 19 heavy (non-hydrogen) atoms. The van der Waals surface area contributed by atoms with Gasteiger partial charge in [-0.05, 0) is 36.0 Å². The van der Waals surface area contributed by atoms with E-state index in [1.54, 1.807) is 6.08 Å². The number of benzene rings is 1. The minimum absolute atomic E-state index is 0.0918. The van der Waals surface area contributed by atoms with Gasteiger partial charge in [0.05, 0.1) is 0 Å². The van der Waals surface area contributed by atoms with Crippen molar-refractivity contribution >= 4 is 12.0 Å². The lowest BCUT2D eigenvalue weighted by Gasteiger charge is -2.04. The third kappa shape index (κ3) is 6.20. The first-order valence-corrected chi connectivity index (χ1v) is 6.80. The van der Waals surface area contributed by atoms with Gasteiger partial charge in [0.15, 0.2) is 0 Å². The Morgan fingerprint density at radius 2 is 1.95 bits per heavy atom. The van der Waals surface area contributed by atoms with Gasteiger partial charge in [0.1, 0.15) is 0 Å². The van der Waals surface area contributed by atoms with Crippen LogP contribution in [-0.4, -0.2) is 24.2 Å². The lowest BCUT2D eigenvalue weighted by Crippen LogP contribution is -2.22. The maximum absolute atomic E-state index is 11.5. The van der Waals surface area contributed by atoms with Gasteiger partial charge in [-0.3, -0.25) is 4.79 Å². The Hall–Kier alpha value is -1.61. The van der Waals surface area contributed by atoms with Crippen LogP contribution in [0, 0.1) is 0 Å². The van der Waals surface area contributed by atoms with Gasteiger partial charge in [-0.1, -0.05) is 38.1 Å². The molecule has 0 aliphatic carbocycles. The standard InChI is InChI=1S/C16H23NO2/c1-13(2)15-8-5-14(6-9-15)7-10-16(19)17-11-3-4-12-18/h5-10,13,18H,3-4,11-12H2,1-2H3,(H,17,19)/b10-7+. The Labute approximate surface area is 115 Å². The predicted octanol–water partition coefficient (Wildman–Crippen LogP) is 2.71. The summed E-state index contributed by atoms with van der Waals surface area (Å²) in [5, 5.41) is 11.4. The van der Waals surface area contributed by atoms with E-state index in [1.807, 2.05) is 18.2 Å². The minimum Gasteiger partial charge on any atom is -0.396 e. The highest BCUT2D eigenvalue weighted by Gasteiger charge is 1.98. The number of amides is 1. The summed E-state index contributed by atoms with van der Waals surface area (Å²) in [5.74, 6) is 0.429. The average molecular weight is 261 g/mol. The van der Waals surface area contributed by atoms with Crippen LogP contribution in [0.4, 0.5) is 0 Å². The van der Waals surface area contributed by atoms with Crippen molar-refractivity contribution in [3.63, 3.8) is 0 Å². The molecule has 0 saturated carbocycles. The molecule has 0 saturated heterocycles. The molecule has 0 aliphatic heterocycles. The largest absolute Gasteiger partial charge is 0.396 e. The van der Waals surface area contributed by atoms with Crippen molar-refractivity contribution in [2.24, 2.45) is 0 Å². The van der Waals surface area contributed by atoms with Crippen LogP contribution in [0.15, 0.2) is 30.3 Å². The molecular formula is C16H23NO2. The van der Waals surface area contributed by atoms with Crippen molar-refractivity contribution in [2.45, 2.75) is 32.6 Å². The molecule has 0 atom stereocenters. The van der Waals surface area contributed by atoms with E-state index in [0.29, 0.717) is 12.5 Å². The van der Waals surface area contributed by atoms with Crippen LogP contribution in [0.3, 0.4) is 0 Å². The van der Waals surface area contributed by atoms with Gasteiger partial charge in [0.2, 0.25) is 5.91 Å². The number of rotatable bonds is 7. The van der Waals surface area contributed by atoms with Crippen LogP contribution >= 0.6 is 0 Å². The number of hydrogen-bond donors (Lipinski definition) is 2. The quantitative estimate of drug-likeness (QED) is 0.585. The number of aliphatic hydroxyl groups is 1. The molecule has 0 unspecified atom stereocenters. The average Bonchev–Trinajstić information content (AvgIpc) is 2.42. The summed E-state index contributed by atoms with van der Waals surface area (Å²) in [5.41, 5.74) is 2.32. The van der Waals surface area contributed by atoms with E-state index in [-0.39, 0.29) is 12.5 Å². The summed E-state index contributed by atoms with van der Waals surface area (Å²) < 4.78 is 0. The lowest BCUT2D eigenvalue weighted by molar-refractivity contribution is -0.116.